The van der Waals surface area contributed by atoms with E-state index in [9.17, 15) is 9.59 Å². The van der Waals surface area contributed by atoms with Crippen LogP contribution in [0.3, 0.4) is 0 Å². The van der Waals surface area contributed by atoms with E-state index in [4.69, 9.17) is 18.9 Å². The lowest BCUT2D eigenvalue weighted by Crippen LogP contribution is -2.32. The molecule has 6 nitrogen and oxygen atoms in total. The van der Waals surface area contributed by atoms with Crippen LogP contribution in [0.15, 0.2) is 0 Å². The Hall–Kier alpha value is -1.14. The predicted octanol–water partition coefficient (Wildman–Crippen LogP) is 0.738. The van der Waals surface area contributed by atoms with Crippen LogP contribution in [0.4, 0.5) is 0 Å². The summed E-state index contributed by atoms with van der Waals surface area (Å²) < 4.78 is 19.5. The van der Waals surface area contributed by atoms with Crippen LogP contribution < -0.4 is 0 Å². The minimum Gasteiger partial charge on any atom is -0.465 e. The molecule has 0 radical (unpaired) electrons. The Morgan fingerprint density at radius 2 is 1.35 bits per heavy atom. The number of carbonyl (C=O) groups excluding carboxylic acids is 2. The zero-order valence-electron chi connectivity index (χ0n) is 10.7. The molecule has 0 aliphatic rings. The van der Waals surface area contributed by atoms with Gasteiger partial charge in [-0.25, -0.2) is 0 Å². The van der Waals surface area contributed by atoms with Crippen molar-refractivity contribution in [1.29, 1.82) is 0 Å². The van der Waals surface area contributed by atoms with E-state index < -0.39 is 24.1 Å². The van der Waals surface area contributed by atoms with Crippen LogP contribution in [0.5, 0.6) is 0 Å². The molecule has 0 bridgehead atoms. The Morgan fingerprint density at radius 3 is 1.65 bits per heavy atom. The van der Waals surface area contributed by atoms with Gasteiger partial charge in [0.15, 0.2) is 12.2 Å². The normalized spacial score (nSPS) is 10.7. The molecule has 0 N–H and O–H groups in total. The Morgan fingerprint density at radius 1 is 0.941 bits per heavy atom. The highest BCUT2D eigenvalue weighted by molar-refractivity contribution is 5.94. The minimum absolute atomic E-state index is 0.0741. The number of hydrogen-bond donors (Lipinski definition) is 0. The first kappa shape index (κ1) is 15.9. The quantitative estimate of drug-likeness (QED) is 0.358. The Bertz CT molecular complexity index is 218. The summed E-state index contributed by atoms with van der Waals surface area (Å²) in [5.41, 5.74) is 0. The standard InChI is InChI=1S/C11H20O6/c1-5-16-10(12)8(11(13)17-6-2)7-9(14-3)15-4/h8-9H,5-7H2,1-4H3. The van der Waals surface area contributed by atoms with E-state index in [1.54, 1.807) is 13.8 Å². The average Bonchev–Trinajstić information content (AvgIpc) is 2.31. The molecule has 6 heteroatoms. The van der Waals surface area contributed by atoms with Crippen molar-refractivity contribution in [2.24, 2.45) is 5.92 Å². The van der Waals surface area contributed by atoms with Crippen LogP contribution >= 0.6 is 0 Å². The third-order valence-electron chi connectivity index (χ3n) is 2.10. The number of methoxy groups -OCH3 is 2. The van der Waals surface area contributed by atoms with Crippen molar-refractivity contribution < 1.29 is 28.5 Å². The first-order valence-electron chi connectivity index (χ1n) is 5.49. The molecule has 0 unspecified atom stereocenters. The van der Waals surface area contributed by atoms with E-state index in [0.29, 0.717) is 0 Å². The molecule has 0 fully saturated rings. The van der Waals surface area contributed by atoms with Crippen LogP contribution in [0.2, 0.25) is 0 Å². The highest BCUT2D eigenvalue weighted by Gasteiger charge is 2.32. The van der Waals surface area contributed by atoms with Gasteiger partial charge >= 0.3 is 11.9 Å². The van der Waals surface area contributed by atoms with Crippen molar-refractivity contribution in [3.63, 3.8) is 0 Å². The van der Waals surface area contributed by atoms with Crippen molar-refractivity contribution in [3.8, 4) is 0 Å². The summed E-state index contributed by atoms with van der Waals surface area (Å²) in [5, 5.41) is 0. The average molecular weight is 248 g/mol. The van der Waals surface area contributed by atoms with Gasteiger partial charge in [0.25, 0.3) is 0 Å². The summed E-state index contributed by atoms with van der Waals surface area (Å²) in [5.74, 6) is -2.25. The van der Waals surface area contributed by atoms with Crippen LogP contribution in [-0.4, -0.2) is 45.7 Å². The maximum atomic E-state index is 11.6. The number of rotatable bonds is 8. The number of esters is 2. The van der Waals surface area contributed by atoms with Gasteiger partial charge in [0.1, 0.15) is 0 Å². The molecule has 0 spiro atoms. The largest absolute Gasteiger partial charge is 0.465 e. The van der Waals surface area contributed by atoms with Gasteiger partial charge in [-0.2, -0.15) is 0 Å². The second kappa shape index (κ2) is 8.95. The molecule has 0 saturated heterocycles. The molecule has 0 aromatic carbocycles. The molecule has 0 heterocycles. The van der Waals surface area contributed by atoms with Gasteiger partial charge in [-0.3, -0.25) is 9.59 Å². The fourth-order valence-corrected chi connectivity index (χ4v) is 1.26. The van der Waals surface area contributed by atoms with Gasteiger partial charge < -0.3 is 18.9 Å². The van der Waals surface area contributed by atoms with Crippen molar-refractivity contribution in [1.82, 2.24) is 0 Å². The molecule has 100 valence electrons. The lowest BCUT2D eigenvalue weighted by atomic mass is 10.1. The predicted molar refractivity (Wildman–Crippen MR) is 59.2 cm³/mol. The zero-order valence-corrected chi connectivity index (χ0v) is 10.7. The Kier molecular flexibility index (Phi) is 8.35. The van der Waals surface area contributed by atoms with Crippen LogP contribution in [-0.2, 0) is 28.5 Å². The second-order valence-corrected chi connectivity index (χ2v) is 3.19. The van der Waals surface area contributed by atoms with Gasteiger partial charge in [0.05, 0.1) is 13.2 Å². The van der Waals surface area contributed by atoms with E-state index >= 15 is 0 Å². The summed E-state index contributed by atoms with van der Waals surface area (Å²) in [6.45, 7) is 3.76. The topological polar surface area (TPSA) is 71.1 Å². The van der Waals surface area contributed by atoms with E-state index in [-0.39, 0.29) is 19.6 Å². The third kappa shape index (κ3) is 5.65. The highest BCUT2D eigenvalue weighted by atomic mass is 16.7. The van der Waals surface area contributed by atoms with Gasteiger partial charge in [0.2, 0.25) is 0 Å². The van der Waals surface area contributed by atoms with Crippen molar-refractivity contribution in [2.45, 2.75) is 26.6 Å². The van der Waals surface area contributed by atoms with E-state index in [1.807, 2.05) is 0 Å². The number of hydrogen-bond acceptors (Lipinski definition) is 6. The lowest BCUT2D eigenvalue weighted by Gasteiger charge is -2.19. The molecule has 0 atom stereocenters. The molecule has 0 aromatic heterocycles. The van der Waals surface area contributed by atoms with Gasteiger partial charge in [-0.1, -0.05) is 0 Å². The van der Waals surface area contributed by atoms with E-state index in [1.165, 1.54) is 14.2 Å². The molecular formula is C11H20O6. The summed E-state index contributed by atoms with van der Waals surface area (Å²) >= 11 is 0. The molecular weight excluding hydrogens is 228 g/mol. The van der Waals surface area contributed by atoms with Gasteiger partial charge in [-0.15, -0.1) is 0 Å². The summed E-state index contributed by atoms with van der Waals surface area (Å²) in [4.78, 5) is 23.2. The van der Waals surface area contributed by atoms with E-state index in [2.05, 4.69) is 0 Å². The van der Waals surface area contributed by atoms with Gasteiger partial charge in [0, 0.05) is 20.6 Å². The molecule has 0 saturated carbocycles. The first-order chi connectivity index (χ1) is 8.10. The summed E-state index contributed by atoms with van der Waals surface area (Å²) in [6, 6.07) is 0. The highest BCUT2D eigenvalue weighted by Crippen LogP contribution is 2.14. The zero-order chi connectivity index (χ0) is 13.3. The van der Waals surface area contributed by atoms with Gasteiger partial charge in [-0.05, 0) is 13.8 Å². The molecule has 0 aromatic rings. The Balaban J connectivity index is 4.59. The first-order valence-corrected chi connectivity index (χ1v) is 5.49. The third-order valence-corrected chi connectivity index (χ3v) is 2.10. The number of carbonyl (C=O) groups is 2. The smallest absolute Gasteiger partial charge is 0.320 e. The van der Waals surface area contributed by atoms with Crippen LogP contribution in [0.25, 0.3) is 0 Å². The lowest BCUT2D eigenvalue weighted by molar-refractivity contribution is -0.170. The summed E-state index contributed by atoms with van der Waals surface area (Å²) in [7, 11) is 2.86. The molecule has 0 amide bonds. The molecule has 0 aliphatic heterocycles. The number of ether oxygens (including phenoxy) is 4. The fraction of sp³-hybridized carbons (Fsp3) is 0.818. The Labute approximate surface area is 101 Å². The molecule has 0 rings (SSSR count). The van der Waals surface area contributed by atoms with Crippen molar-refractivity contribution in [2.75, 3.05) is 27.4 Å². The maximum absolute atomic E-state index is 11.6. The minimum atomic E-state index is -1.01. The van der Waals surface area contributed by atoms with E-state index in [0.717, 1.165) is 0 Å². The second-order valence-electron chi connectivity index (χ2n) is 3.19. The van der Waals surface area contributed by atoms with Crippen molar-refractivity contribution >= 4 is 11.9 Å². The fourth-order valence-electron chi connectivity index (χ4n) is 1.26. The molecule has 0 aliphatic carbocycles. The van der Waals surface area contributed by atoms with Crippen LogP contribution in [0.1, 0.15) is 20.3 Å². The van der Waals surface area contributed by atoms with Crippen LogP contribution in [0, 0.1) is 5.92 Å². The monoisotopic (exact) mass is 248 g/mol. The maximum Gasteiger partial charge on any atom is 0.320 e. The molecule has 17 heavy (non-hydrogen) atoms. The van der Waals surface area contributed by atoms with Crippen molar-refractivity contribution in [3.05, 3.63) is 0 Å². The SMILES string of the molecule is CCOC(=O)C(CC(OC)OC)C(=O)OCC. The summed E-state index contributed by atoms with van der Waals surface area (Å²) in [6.07, 6.45) is -0.571.